The van der Waals surface area contributed by atoms with Crippen LogP contribution in [0.25, 0.3) is 0 Å². The number of hydrogen-bond acceptors (Lipinski definition) is 3. The Morgan fingerprint density at radius 1 is 1.12 bits per heavy atom. The maximum atomic E-state index is 6.07. The summed E-state index contributed by atoms with van der Waals surface area (Å²) in [5, 5.41) is 0. The summed E-state index contributed by atoms with van der Waals surface area (Å²) in [5.74, 6) is 1.00. The fourth-order valence-electron chi connectivity index (χ4n) is 3.08. The van der Waals surface area contributed by atoms with Crippen molar-refractivity contribution in [3.05, 3.63) is 0 Å². The molecule has 0 unspecified atom stereocenters. The summed E-state index contributed by atoms with van der Waals surface area (Å²) in [5.41, 5.74) is 6.43. The van der Waals surface area contributed by atoms with Crippen LogP contribution in [0.3, 0.4) is 0 Å². The monoisotopic (exact) mass is 238 g/mol. The number of ether oxygens (including phenoxy) is 1. The molecule has 1 heterocycles. The number of hydrogen-bond donors (Lipinski definition) is 1. The molecule has 3 fully saturated rings. The van der Waals surface area contributed by atoms with Gasteiger partial charge in [-0.3, -0.25) is 4.90 Å². The van der Waals surface area contributed by atoms with E-state index in [9.17, 15) is 0 Å². The highest BCUT2D eigenvalue weighted by molar-refractivity contribution is 4.94. The van der Waals surface area contributed by atoms with Gasteiger partial charge in [-0.25, -0.2) is 0 Å². The minimum Gasteiger partial charge on any atom is -0.381 e. The van der Waals surface area contributed by atoms with Crippen molar-refractivity contribution in [2.75, 3.05) is 32.8 Å². The summed E-state index contributed by atoms with van der Waals surface area (Å²) in [6.07, 6.45) is 8.09. The maximum Gasteiger partial charge on any atom is 0.0472 e. The standard InChI is InChI=1S/C14H26N2O/c15-10-14(5-7-17-8-6-14)11-16(13-3-4-13)9-12-1-2-12/h12-13H,1-11,15H2. The second-order valence-electron chi connectivity index (χ2n) is 6.42. The molecule has 0 bridgehead atoms. The molecule has 3 nitrogen and oxygen atoms in total. The quantitative estimate of drug-likeness (QED) is 0.764. The first-order valence-electron chi connectivity index (χ1n) is 7.33. The second kappa shape index (κ2) is 4.87. The molecule has 2 saturated carbocycles. The molecule has 0 aromatic carbocycles. The first kappa shape index (κ1) is 11.9. The second-order valence-corrected chi connectivity index (χ2v) is 6.42. The summed E-state index contributed by atoms with van der Waals surface area (Å²) in [7, 11) is 0. The Hall–Kier alpha value is -0.120. The van der Waals surface area contributed by atoms with E-state index in [1.54, 1.807) is 0 Å². The minimum absolute atomic E-state index is 0.357. The third-order valence-corrected chi connectivity index (χ3v) is 4.78. The molecule has 0 aromatic rings. The van der Waals surface area contributed by atoms with Crippen molar-refractivity contribution < 1.29 is 4.74 Å². The van der Waals surface area contributed by atoms with Gasteiger partial charge in [0.25, 0.3) is 0 Å². The van der Waals surface area contributed by atoms with E-state index in [1.807, 2.05) is 0 Å². The van der Waals surface area contributed by atoms with Gasteiger partial charge in [-0.05, 0) is 56.4 Å². The SMILES string of the molecule is NCC1(CN(CC2CC2)C2CC2)CCOCC1. The van der Waals surface area contributed by atoms with Crippen molar-refractivity contribution >= 4 is 0 Å². The van der Waals surface area contributed by atoms with Crippen LogP contribution in [-0.2, 0) is 4.74 Å². The fraction of sp³-hybridized carbons (Fsp3) is 1.00. The Kier molecular flexibility index (Phi) is 3.42. The number of nitrogens with two attached hydrogens (primary N) is 1. The normalized spacial score (nSPS) is 28.6. The van der Waals surface area contributed by atoms with Gasteiger partial charge in [0.1, 0.15) is 0 Å². The topological polar surface area (TPSA) is 38.5 Å². The molecular formula is C14H26N2O. The lowest BCUT2D eigenvalue weighted by molar-refractivity contribution is -0.00234. The Bertz CT molecular complexity index is 255. The van der Waals surface area contributed by atoms with E-state index in [0.29, 0.717) is 5.41 Å². The minimum atomic E-state index is 0.357. The van der Waals surface area contributed by atoms with Crippen LogP contribution in [0.1, 0.15) is 38.5 Å². The molecular weight excluding hydrogens is 212 g/mol. The van der Waals surface area contributed by atoms with Gasteiger partial charge in [0.2, 0.25) is 0 Å². The summed E-state index contributed by atoms with van der Waals surface area (Å²) in [4.78, 5) is 2.76. The number of rotatable bonds is 6. The summed E-state index contributed by atoms with van der Waals surface area (Å²) in [6.45, 7) is 5.24. The van der Waals surface area contributed by atoms with E-state index in [1.165, 1.54) is 38.8 Å². The summed E-state index contributed by atoms with van der Waals surface area (Å²) in [6, 6.07) is 0.891. The van der Waals surface area contributed by atoms with E-state index in [2.05, 4.69) is 4.90 Å². The summed E-state index contributed by atoms with van der Waals surface area (Å²) >= 11 is 0. The van der Waals surface area contributed by atoms with Crippen LogP contribution in [0, 0.1) is 11.3 Å². The molecule has 3 heteroatoms. The molecule has 2 N–H and O–H groups in total. The molecule has 1 saturated heterocycles. The Labute approximate surface area is 105 Å². The Morgan fingerprint density at radius 2 is 1.82 bits per heavy atom. The lowest BCUT2D eigenvalue weighted by atomic mass is 9.79. The third-order valence-electron chi connectivity index (χ3n) is 4.78. The van der Waals surface area contributed by atoms with Crippen LogP contribution in [0.4, 0.5) is 0 Å². The van der Waals surface area contributed by atoms with Gasteiger partial charge >= 0.3 is 0 Å². The van der Waals surface area contributed by atoms with Crippen molar-refractivity contribution in [2.24, 2.45) is 17.1 Å². The highest BCUT2D eigenvalue weighted by Gasteiger charge is 2.39. The first-order chi connectivity index (χ1) is 8.31. The molecule has 0 spiro atoms. The molecule has 0 amide bonds. The molecule has 3 rings (SSSR count). The van der Waals surface area contributed by atoms with Crippen molar-refractivity contribution in [3.8, 4) is 0 Å². The van der Waals surface area contributed by atoms with Gasteiger partial charge in [0.05, 0.1) is 0 Å². The van der Waals surface area contributed by atoms with Crippen LogP contribution in [0.2, 0.25) is 0 Å². The predicted molar refractivity (Wildman–Crippen MR) is 68.9 cm³/mol. The first-order valence-corrected chi connectivity index (χ1v) is 7.33. The van der Waals surface area contributed by atoms with Gasteiger partial charge in [-0.2, -0.15) is 0 Å². The van der Waals surface area contributed by atoms with Gasteiger partial charge in [0, 0.05) is 32.3 Å². The zero-order valence-electron chi connectivity index (χ0n) is 10.9. The molecule has 0 radical (unpaired) electrons. The van der Waals surface area contributed by atoms with Crippen molar-refractivity contribution in [1.29, 1.82) is 0 Å². The predicted octanol–water partition coefficient (Wildman–Crippen LogP) is 1.62. The van der Waals surface area contributed by atoms with Crippen LogP contribution in [-0.4, -0.2) is 43.8 Å². The van der Waals surface area contributed by atoms with Gasteiger partial charge in [0.15, 0.2) is 0 Å². The van der Waals surface area contributed by atoms with Crippen molar-refractivity contribution in [1.82, 2.24) is 4.90 Å². The molecule has 0 atom stereocenters. The molecule has 3 aliphatic rings. The van der Waals surface area contributed by atoms with Gasteiger partial charge < -0.3 is 10.5 Å². The Morgan fingerprint density at radius 3 is 2.35 bits per heavy atom. The van der Waals surface area contributed by atoms with E-state index < -0.39 is 0 Å². The average molecular weight is 238 g/mol. The van der Waals surface area contributed by atoms with E-state index in [4.69, 9.17) is 10.5 Å². The van der Waals surface area contributed by atoms with E-state index in [-0.39, 0.29) is 0 Å². The zero-order chi connectivity index (χ0) is 11.7. The highest BCUT2D eigenvalue weighted by Crippen LogP contribution is 2.38. The van der Waals surface area contributed by atoms with Gasteiger partial charge in [-0.1, -0.05) is 0 Å². The van der Waals surface area contributed by atoms with Crippen molar-refractivity contribution in [2.45, 2.75) is 44.6 Å². The highest BCUT2D eigenvalue weighted by atomic mass is 16.5. The molecule has 1 aliphatic heterocycles. The van der Waals surface area contributed by atoms with E-state index in [0.717, 1.165) is 44.6 Å². The molecule has 17 heavy (non-hydrogen) atoms. The fourth-order valence-corrected chi connectivity index (χ4v) is 3.08. The zero-order valence-corrected chi connectivity index (χ0v) is 10.9. The maximum absolute atomic E-state index is 6.07. The lowest BCUT2D eigenvalue weighted by Gasteiger charge is -2.40. The molecule has 0 aromatic heterocycles. The van der Waals surface area contributed by atoms with Crippen LogP contribution in [0.5, 0.6) is 0 Å². The van der Waals surface area contributed by atoms with Crippen LogP contribution >= 0.6 is 0 Å². The lowest BCUT2D eigenvalue weighted by Crippen LogP contribution is -2.47. The van der Waals surface area contributed by atoms with Gasteiger partial charge in [-0.15, -0.1) is 0 Å². The molecule has 98 valence electrons. The largest absolute Gasteiger partial charge is 0.381 e. The smallest absolute Gasteiger partial charge is 0.0472 e. The third kappa shape index (κ3) is 3.01. The average Bonchev–Trinajstić information content (AvgIpc) is 3.22. The molecule has 2 aliphatic carbocycles. The van der Waals surface area contributed by atoms with Crippen molar-refractivity contribution in [3.63, 3.8) is 0 Å². The number of nitrogens with zero attached hydrogens (tertiary/aromatic N) is 1. The summed E-state index contributed by atoms with van der Waals surface area (Å²) < 4.78 is 5.50. The Balaban J connectivity index is 1.60. The van der Waals surface area contributed by atoms with Crippen LogP contribution < -0.4 is 5.73 Å². The van der Waals surface area contributed by atoms with E-state index >= 15 is 0 Å². The van der Waals surface area contributed by atoms with Crippen LogP contribution in [0.15, 0.2) is 0 Å².